The lowest BCUT2D eigenvalue weighted by Gasteiger charge is -2.13. The Kier molecular flexibility index (Phi) is 2.38. The average Bonchev–Trinajstić information content (AvgIpc) is 2.89. The van der Waals surface area contributed by atoms with Crippen molar-refractivity contribution in [3.8, 4) is 0 Å². The van der Waals surface area contributed by atoms with Crippen molar-refractivity contribution in [1.29, 1.82) is 0 Å². The van der Waals surface area contributed by atoms with E-state index in [1.165, 1.54) is 16.5 Å². The van der Waals surface area contributed by atoms with Crippen LogP contribution in [-0.4, -0.2) is 22.3 Å². The van der Waals surface area contributed by atoms with Gasteiger partial charge in [0, 0.05) is 18.5 Å². The lowest BCUT2D eigenvalue weighted by atomic mass is 10.2. The number of aromatic nitrogens is 1. The first-order valence-corrected chi connectivity index (χ1v) is 5.81. The number of fused-ring (bicyclic) bond motifs is 1. The van der Waals surface area contributed by atoms with Crippen LogP contribution >= 0.6 is 0 Å². The van der Waals surface area contributed by atoms with Crippen LogP contribution in [0.1, 0.15) is 18.1 Å². The minimum absolute atomic E-state index is 0.152. The molecule has 6 nitrogen and oxygen atoms in total. The molecular weight excluding hydrogens is 246 g/mol. The first kappa shape index (κ1) is 11.5. The topological polar surface area (TPSA) is 71.4 Å². The van der Waals surface area contributed by atoms with E-state index in [0.29, 0.717) is 11.2 Å². The quantitative estimate of drug-likeness (QED) is 0.777. The summed E-state index contributed by atoms with van der Waals surface area (Å²) in [5.74, 6) is -0.818. The summed E-state index contributed by atoms with van der Waals surface area (Å²) in [4.78, 5) is 34.6. The summed E-state index contributed by atoms with van der Waals surface area (Å²) in [5, 5.41) is 1.94. The van der Waals surface area contributed by atoms with Gasteiger partial charge in [0.05, 0.1) is 11.2 Å². The summed E-state index contributed by atoms with van der Waals surface area (Å²) in [7, 11) is 0. The van der Waals surface area contributed by atoms with Crippen molar-refractivity contribution in [3.05, 3.63) is 30.5 Å². The zero-order chi connectivity index (χ0) is 13.6. The smallest absolute Gasteiger partial charge is 0.255 e. The van der Waals surface area contributed by atoms with Crippen LogP contribution in [-0.2, 0) is 9.59 Å². The summed E-state index contributed by atoms with van der Waals surface area (Å²) in [6, 6.07) is 7.24. The molecule has 0 aliphatic carbocycles. The van der Waals surface area contributed by atoms with E-state index < -0.39 is 0 Å². The van der Waals surface area contributed by atoms with Crippen LogP contribution in [0.3, 0.4) is 0 Å². The normalized spacial score (nSPS) is 15.1. The summed E-state index contributed by atoms with van der Waals surface area (Å²) in [6.45, 7) is 1.45. The molecule has 0 atom stereocenters. The predicted octanol–water partition coefficient (Wildman–Crippen LogP) is 1.07. The monoisotopic (exact) mass is 257 g/mol. The fourth-order valence-corrected chi connectivity index (χ4v) is 2.24. The van der Waals surface area contributed by atoms with Crippen molar-refractivity contribution in [2.75, 3.05) is 5.01 Å². The molecule has 96 valence electrons. The number of carbonyl (C=O) groups excluding carboxylic acids is 3. The molecule has 19 heavy (non-hydrogen) atoms. The molecule has 3 rings (SSSR count). The maximum absolute atomic E-state index is 11.8. The number of carbonyl (C=O) groups is 3. The molecule has 1 saturated heterocycles. The van der Waals surface area contributed by atoms with Gasteiger partial charge in [0.25, 0.3) is 5.91 Å². The van der Waals surface area contributed by atoms with Crippen LogP contribution in [0.4, 0.5) is 5.69 Å². The third-order valence-corrected chi connectivity index (χ3v) is 3.07. The van der Waals surface area contributed by atoms with Crippen LogP contribution < -0.4 is 10.4 Å². The molecule has 1 aromatic carbocycles. The number of hydrogen-bond donors (Lipinski definition) is 1. The van der Waals surface area contributed by atoms with Crippen LogP contribution in [0.5, 0.6) is 0 Å². The molecule has 2 heterocycles. The van der Waals surface area contributed by atoms with Gasteiger partial charge in [-0.25, -0.2) is 5.01 Å². The number of para-hydroxylation sites is 1. The van der Waals surface area contributed by atoms with Crippen LogP contribution in [0.25, 0.3) is 10.9 Å². The molecule has 6 heteroatoms. The fourth-order valence-electron chi connectivity index (χ4n) is 2.24. The second-order valence-corrected chi connectivity index (χ2v) is 4.36. The van der Waals surface area contributed by atoms with E-state index in [4.69, 9.17) is 0 Å². The highest BCUT2D eigenvalue weighted by atomic mass is 16.2. The van der Waals surface area contributed by atoms with Gasteiger partial charge in [-0.05, 0) is 6.07 Å². The van der Waals surface area contributed by atoms with Crippen LogP contribution in [0.15, 0.2) is 30.5 Å². The van der Waals surface area contributed by atoms with Crippen molar-refractivity contribution < 1.29 is 14.4 Å². The number of hydrazine groups is 1. The Morgan fingerprint density at radius 3 is 2.63 bits per heavy atom. The Hall–Kier alpha value is -2.63. The highest BCUT2D eigenvalue weighted by Gasteiger charge is 2.30. The van der Waals surface area contributed by atoms with Crippen LogP contribution in [0, 0.1) is 0 Å². The first-order valence-electron chi connectivity index (χ1n) is 5.81. The van der Waals surface area contributed by atoms with E-state index in [1.807, 2.05) is 18.2 Å². The maximum atomic E-state index is 11.8. The molecule has 0 unspecified atom stereocenters. The number of nitrogens with one attached hydrogen (secondary N) is 1. The van der Waals surface area contributed by atoms with Crippen molar-refractivity contribution in [1.82, 2.24) is 9.99 Å². The molecule has 1 aliphatic rings. The molecule has 0 saturated carbocycles. The Balaban J connectivity index is 2.22. The number of nitrogens with zero attached hydrogens (tertiary/aromatic N) is 2. The molecule has 2 amide bonds. The van der Waals surface area contributed by atoms with Crippen molar-refractivity contribution in [2.24, 2.45) is 0 Å². The lowest BCUT2D eigenvalue weighted by Crippen LogP contribution is -2.35. The molecule has 0 spiro atoms. The minimum atomic E-state index is -0.343. The molecule has 1 fully saturated rings. The number of rotatable bonds is 1. The minimum Gasteiger partial charge on any atom is -0.285 e. The van der Waals surface area contributed by atoms with Gasteiger partial charge in [0.2, 0.25) is 11.8 Å². The molecule has 0 radical (unpaired) electrons. The van der Waals surface area contributed by atoms with Gasteiger partial charge < -0.3 is 0 Å². The van der Waals surface area contributed by atoms with E-state index in [-0.39, 0.29) is 24.1 Å². The third-order valence-electron chi connectivity index (χ3n) is 3.07. The molecule has 1 aromatic heterocycles. The SMILES string of the molecule is CC(=O)n1cc(N2NC(=O)CC2=O)c2ccccc21. The molecule has 2 aromatic rings. The highest BCUT2D eigenvalue weighted by molar-refractivity contribution is 6.15. The molecule has 0 bridgehead atoms. The number of hydrogen-bond acceptors (Lipinski definition) is 3. The standard InChI is InChI=1S/C13H11N3O3/c1-8(17)15-7-11(9-4-2-3-5-10(9)15)16-13(19)6-12(18)14-16/h2-5,7H,6H2,1H3,(H,14,18). The van der Waals surface area contributed by atoms with E-state index >= 15 is 0 Å². The first-order chi connectivity index (χ1) is 9.08. The van der Waals surface area contributed by atoms with Gasteiger partial charge in [0.15, 0.2) is 0 Å². The number of benzene rings is 1. The molecule has 1 aliphatic heterocycles. The Morgan fingerprint density at radius 2 is 2.00 bits per heavy atom. The second-order valence-electron chi connectivity index (χ2n) is 4.36. The Labute approximate surface area is 108 Å². The van der Waals surface area contributed by atoms with Crippen molar-refractivity contribution in [3.63, 3.8) is 0 Å². The summed E-state index contributed by atoms with van der Waals surface area (Å²) in [5.41, 5.74) is 3.71. The van der Waals surface area contributed by atoms with Crippen LogP contribution in [0.2, 0.25) is 0 Å². The summed E-state index contributed by atoms with van der Waals surface area (Å²) >= 11 is 0. The zero-order valence-electron chi connectivity index (χ0n) is 10.2. The highest BCUT2D eigenvalue weighted by Crippen LogP contribution is 2.29. The molecular formula is C13H11N3O3. The lowest BCUT2D eigenvalue weighted by molar-refractivity contribution is -0.122. The van der Waals surface area contributed by atoms with Gasteiger partial charge in [0.1, 0.15) is 6.42 Å². The van der Waals surface area contributed by atoms with E-state index in [1.54, 1.807) is 12.3 Å². The average molecular weight is 257 g/mol. The second kappa shape index (κ2) is 3.94. The maximum Gasteiger partial charge on any atom is 0.255 e. The number of anilines is 1. The van der Waals surface area contributed by atoms with E-state index in [9.17, 15) is 14.4 Å². The summed E-state index contributed by atoms with van der Waals surface area (Å²) < 4.78 is 1.46. The van der Waals surface area contributed by atoms with E-state index in [2.05, 4.69) is 5.43 Å². The van der Waals surface area contributed by atoms with Crippen molar-refractivity contribution in [2.45, 2.75) is 13.3 Å². The van der Waals surface area contributed by atoms with Gasteiger partial charge >= 0.3 is 0 Å². The van der Waals surface area contributed by atoms with E-state index in [0.717, 1.165) is 5.39 Å². The Bertz CT molecular complexity index is 717. The predicted molar refractivity (Wildman–Crippen MR) is 68.5 cm³/mol. The zero-order valence-corrected chi connectivity index (χ0v) is 10.2. The van der Waals surface area contributed by atoms with Gasteiger partial charge in [-0.15, -0.1) is 0 Å². The largest absolute Gasteiger partial charge is 0.285 e. The summed E-state index contributed by atoms with van der Waals surface area (Å²) in [6.07, 6.45) is 1.40. The Morgan fingerprint density at radius 1 is 1.26 bits per heavy atom. The fraction of sp³-hybridized carbons (Fsp3) is 0.154. The van der Waals surface area contributed by atoms with Crippen molar-refractivity contribution >= 4 is 34.3 Å². The van der Waals surface area contributed by atoms with Gasteiger partial charge in [-0.2, -0.15) is 0 Å². The third kappa shape index (κ3) is 1.69. The number of amides is 2. The van der Waals surface area contributed by atoms with Gasteiger partial charge in [-0.3, -0.25) is 24.4 Å². The molecule has 1 N–H and O–H groups in total. The van der Waals surface area contributed by atoms with Gasteiger partial charge in [-0.1, -0.05) is 18.2 Å².